The minimum atomic E-state index is -0.846. The third kappa shape index (κ3) is 4.23. The Morgan fingerprint density at radius 3 is 2.62 bits per heavy atom. The van der Waals surface area contributed by atoms with E-state index in [9.17, 15) is 19.7 Å². The van der Waals surface area contributed by atoms with Gasteiger partial charge in [-0.2, -0.15) is 10.1 Å². The Morgan fingerprint density at radius 2 is 1.93 bits per heavy atom. The zero-order valence-electron chi connectivity index (χ0n) is 16.2. The number of benzene rings is 2. The van der Waals surface area contributed by atoms with Gasteiger partial charge in [0.1, 0.15) is 11.5 Å². The van der Waals surface area contributed by atoms with Crippen molar-refractivity contribution in [1.82, 2.24) is 0 Å². The molecule has 9 heteroatoms. The van der Waals surface area contributed by atoms with Crippen LogP contribution in [0.5, 0.6) is 11.5 Å². The summed E-state index contributed by atoms with van der Waals surface area (Å²) in [7, 11) is 1.38. The Balaban J connectivity index is 1.90. The van der Waals surface area contributed by atoms with Gasteiger partial charge in [-0.25, -0.2) is 4.79 Å². The lowest BCUT2D eigenvalue weighted by atomic mass is 10.1. The number of carbonyl (C=O) groups excluding carboxylic acids is 2. The van der Waals surface area contributed by atoms with Crippen LogP contribution in [0.3, 0.4) is 0 Å². The lowest BCUT2D eigenvalue weighted by Gasteiger charge is -2.24. The molecule has 1 aliphatic rings. The van der Waals surface area contributed by atoms with Crippen LogP contribution >= 0.6 is 0 Å². The molecular formula is C20H19N3O6. The summed E-state index contributed by atoms with van der Waals surface area (Å²) in [6.45, 7) is 3.73. The van der Waals surface area contributed by atoms with Gasteiger partial charge in [0.25, 0.3) is 0 Å². The molecule has 2 aromatic rings. The normalized spacial score (nSPS) is 13.7. The molecule has 29 heavy (non-hydrogen) atoms. The molecular weight excluding hydrogens is 378 g/mol. The van der Waals surface area contributed by atoms with Crippen molar-refractivity contribution in [2.24, 2.45) is 5.10 Å². The number of ether oxygens (including phenoxy) is 2. The standard InChI is InChI=1S/C20H19N3O6/c1-12-4-5-13(2)16(10-12)22-19(24)9-7-15(21-22)20(25)29-18-8-6-14(28-3)11-17(18)23(26)27/h4-6,8,10-11H,7,9H2,1-3H3. The maximum Gasteiger partial charge on any atom is 0.360 e. The second-order valence-electron chi connectivity index (χ2n) is 6.52. The molecule has 9 nitrogen and oxygen atoms in total. The predicted molar refractivity (Wildman–Crippen MR) is 105 cm³/mol. The lowest BCUT2D eigenvalue weighted by molar-refractivity contribution is -0.385. The largest absolute Gasteiger partial charge is 0.496 e. The topological polar surface area (TPSA) is 111 Å². The fourth-order valence-electron chi connectivity index (χ4n) is 2.85. The van der Waals surface area contributed by atoms with Crippen molar-refractivity contribution in [3.05, 3.63) is 57.6 Å². The van der Waals surface area contributed by atoms with Crippen LogP contribution in [0, 0.1) is 24.0 Å². The van der Waals surface area contributed by atoms with Crippen molar-refractivity contribution in [2.75, 3.05) is 12.1 Å². The molecule has 0 bridgehead atoms. The molecule has 0 spiro atoms. The summed E-state index contributed by atoms with van der Waals surface area (Å²) in [5.74, 6) is -1.05. The van der Waals surface area contributed by atoms with Crippen molar-refractivity contribution in [2.45, 2.75) is 26.7 Å². The van der Waals surface area contributed by atoms with Crippen LogP contribution in [0.2, 0.25) is 0 Å². The van der Waals surface area contributed by atoms with E-state index in [1.807, 2.05) is 26.0 Å². The third-order valence-corrected chi connectivity index (χ3v) is 4.43. The first-order chi connectivity index (χ1) is 13.8. The Bertz CT molecular complexity index is 1030. The predicted octanol–water partition coefficient (Wildman–Crippen LogP) is 3.31. The lowest BCUT2D eigenvalue weighted by Crippen LogP contribution is -2.36. The molecule has 1 aliphatic heterocycles. The van der Waals surface area contributed by atoms with E-state index in [0.29, 0.717) is 5.69 Å². The number of aryl methyl sites for hydroxylation is 2. The van der Waals surface area contributed by atoms with Crippen LogP contribution in [0.25, 0.3) is 0 Å². The quantitative estimate of drug-likeness (QED) is 0.331. The average Bonchev–Trinajstić information content (AvgIpc) is 2.70. The van der Waals surface area contributed by atoms with Gasteiger partial charge in [0.2, 0.25) is 11.7 Å². The number of rotatable bonds is 5. The van der Waals surface area contributed by atoms with Gasteiger partial charge in [-0.1, -0.05) is 12.1 Å². The monoisotopic (exact) mass is 397 g/mol. The highest BCUT2D eigenvalue weighted by Gasteiger charge is 2.29. The summed E-state index contributed by atoms with van der Waals surface area (Å²) < 4.78 is 10.2. The molecule has 1 amide bonds. The Morgan fingerprint density at radius 1 is 1.17 bits per heavy atom. The first-order valence-electron chi connectivity index (χ1n) is 8.82. The van der Waals surface area contributed by atoms with Crippen LogP contribution in [-0.4, -0.2) is 29.6 Å². The van der Waals surface area contributed by atoms with E-state index in [1.54, 1.807) is 6.07 Å². The SMILES string of the molecule is COc1ccc(OC(=O)C2=NN(c3cc(C)ccc3C)C(=O)CC2)c([N+](=O)[O-])c1. The maximum absolute atomic E-state index is 12.6. The number of nitro groups is 1. The number of esters is 1. The number of amides is 1. The zero-order chi connectivity index (χ0) is 21.1. The Labute approximate surface area is 166 Å². The van der Waals surface area contributed by atoms with Crippen molar-refractivity contribution in [1.29, 1.82) is 0 Å². The number of hydrogen-bond donors (Lipinski definition) is 0. The molecule has 0 saturated heterocycles. The Hall–Kier alpha value is -3.75. The van der Waals surface area contributed by atoms with E-state index in [4.69, 9.17) is 9.47 Å². The number of nitro benzene ring substituents is 1. The molecule has 0 radical (unpaired) electrons. The van der Waals surface area contributed by atoms with Gasteiger partial charge >= 0.3 is 11.7 Å². The summed E-state index contributed by atoms with van der Waals surface area (Å²) in [6.07, 6.45) is 0.162. The van der Waals surface area contributed by atoms with E-state index in [0.717, 1.165) is 17.2 Å². The van der Waals surface area contributed by atoms with Gasteiger partial charge in [0, 0.05) is 12.8 Å². The molecule has 2 aromatic carbocycles. The number of carbonyl (C=O) groups is 2. The number of anilines is 1. The summed E-state index contributed by atoms with van der Waals surface area (Å²) >= 11 is 0. The van der Waals surface area contributed by atoms with Gasteiger partial charge in [-0.3, -0.25) is 14.9 Å². The fourth-order valence-corrected chi connectivity index (χ4v) is 2.85. The van der Waals surface area contributed by atoms with E-state index in [-0.39, 0.29) is 36.0 Å². The van der Waals surface area contributed by atoms with E-state index in [2.05, 4.69) is 5.10 Å². The smallest absolute Gasteiger partial charge is 0.360 e. The second kappa shape index (κ2) is 8.09. The van der Waals surface area contributed by atoms with Gasteiger partial charge in [0.05, 0.1) is 23.8 Å². The molecule has 150 valence electrons. The van der Waals surface area contributed by atoms with Crippen molar-refractivity contribution in [3.63, 3.8) is 0 Å². The van der Waals surface area contributed by atoms with Crippen LogP contribution in [-0.2, 0) is 9.59 Å². The van der Waals surface area contributed by atoms with E-state index in [1.165, 1.54) is 24.3 Å². The minimum Gasteiger partial charge on any atom is -0.496 e. The Kier molecular flexibility index (Phi) is 5.58. The number of methoxy groups -OCH3 is 1. The number of hydrogen-bond acceptors (Lipinski definition) is 7. The highest BCUT2D eigenvalue weighted by atomic mass is 16.6. The average molecular weight is 397 g/mol. The fraction of sp³-hybridized carbons (Fsp3) is 0.250. The summed E-state index contributed by atoms with van der Waals surface area (Å²) in [6, 6.07) is 9.47. The third-order valence-electron chi connectivity index (χ3n) is 4.43. The van der Waals surface area contributed by atoms with Crippen LogP contribution in [0.1, 0.15) is 24.0 Å². The zero-order valence-corrected chi connectivity index (χ0v) is 16.2. The summed E-state index contributed by atoms with van der Waals surface area (Å²) in [5.41, 5.74) is 1.95. The molecule has 0 saturated carbocycles. The van der Waals surface area contributed by atoms with Crippen molar-refractivity contribution in [3.8, 4) is 11.5 Å². The first kappa shape index (κ1) is 20.0. The molecule has 0 atom stereocenters. The highest BCUT2D eigenvalue weighted by molar-refractivity contribution is 6.38. The minimum absolute atomic E-state index is 0.00984. The first-order valence-corrected chi connectivity index (χ1v) is 8.82. The number of hydrazone groups is 1. The van der Waals surface area contributed by atoms with Crippen LogP contribution in [0.4, 0.5) is 11.4 Å². The molecule has 0 unspecified atom stereocenters. The van der Waals surface area contributed by atoms with Crippen LogP contribution in [0.15, 0.2) is 41.5 Å². The molecule has 0 N–H and O–H groups in total. The maximum atomic E-state index is 12.6. The molecule has 3 rings (SSSR count). The van der Waals surface area contributed by atoms with Crippen molar-refractivity contribution < 1.29 is 24.0 Å². The van der Waals surface area contributed by atoms with Gasteiger partial charge in [0.15, 0.2) is 0 Å². The molecule has 0 aromatic heterocycles. The molecule has 0 aliphatic carbocycles. The summed E-state index contributed by atoms with van der Waals surface area (Å²) in [4.78, 5) is 35.6. The highest BCUT2D eigenvalue weighted by Crippen LogP contribution is 2.32. The van der Waals surface area contributed by atoms with E-state index < -0.39 is 16.6 Å². The molecule has 1 heterocycles. The van der Waals surface area contributed by atoms with Gasteiger partial charge < -0.3 is 9.47 Å². The van der Waals surface area contributed by atoms with Gasteiger partial charge in [-0.15, -0.1) is 0 Å². The molecule has 0 fully saturated rings. The van der Waals surface area contributed by atoms with Crippen molar-refractivity contribution >= 4 is 29.0 Å². The second-order valence-corrected chi connectivity index (χ2v) is 6.52. The summed E-state index contributed by atoms with van der Waals surface area (Å²) in [5, 5.41) is 16.6. The van der Waals surface area contributed by atoms with Crippen LogP contribution < -0.4 is 14.5 Å². The van der Waals surface area contributed by atoms with Gasteiger partial charge in [-0.05, 0) is 43.2 Å². The van der Waals surface area contributed by atoms with E-state index >= 15 is 0 Å². The number of nitrogens with zero attached hydrogens (tertiary/aromatic N) is 3.